The molecule has 156 valence electrons. The van der Waals surface area contributed by atoms with E-state index in [2.05, 4.69) is 29.8 Å². The first kappa shape index (κ1) is 22.2. The third-order valence-electron chi connectivity index (χ3n) is 5.48. The Morgan fingerprint density at radius 3 is 2.46 bits per heavy atom. The van der Waals surface area contributed by atoms with Gasteiger partial charge in [-0.25, -0.2) is 4.99 Å². The molecule has 0 bridgehead atoms. The van der Waals surface area contributed by atoms with E-state index >= 15 is 0 Å². The molecule has 0 atom stereocenters. The van der Waals surface area contributed by atoms with Crippen LogP contribution in [0.2, 0.25) is 0 Å². The highest BCUT2D eigenvalue weighted by atomic mass is 16.5. The molecule has 6 heteroatoms. The summed E-state index contributed by atoms with van der Waals surface area (Å²) in [6.45, 7) is 8.09. The molecule has 2 rings (SSSR count). The molecule has 1 saturated carbocycles. The smallest absolute Gasteiger partial charge is 0.251 e. The number of hydrogen-bond donors (Lipinski definition) is 3. The molecule has 1 aliphatic carbocycles. The Kier molecular flexibility index (Phi) is 9.28. The lowest BCUT2D eigenvalue weighted by molar-refractivity contribution is 0.0963. The minimum Gasteiger partial charge on any atom is -0.382 e. The number of carbonyl (C=O) groups excluding carboxylic acids is 1. The van der Waals surface area contributed by atoms with Gasteiger partial charge in [0.25, 0.3) is 5.91 Å². The summed E-state index contributed by atoms with van der Waals surface area (Å²) in [5.41, 5.74) is 2.06. The van der Waals surface area contributed by atoms with Gasteiger partial charge in [-0.2, -0.15) is 0 Å². The number of nitrogens with one attached hydrogen (secondary N) is 3. The fourth-order valence-electron chi connectivity index (χ4n) is 3.76. The zero-order valence-corrected chi connectivity index (χ0v) is 17.6. The van der Waals surface area contributed by atoms with Gasteiger partial charge in [0.2, 0.25) is 0 Å². The number of rotatable bonds is 10. The van der Waals surface area contributed by atoms with Crippen LogP contribution >= 0.6 is 0 Å². The van der Waals surface area contributed by atoms with Crippen molar-refractivity contribution in [2.24, 2.45) is 10.4 Å². The zero-order valence-electron chi connectivity index (χ0n) is 17.6. The number of carbonyl (C=O) groups is 1. The van der Waals surface area contributed by atoms with Gasteiger partial charge < -0.3 is 20.7 Å². The highest BCUT2D eigenvalue weighted by Gasteiger charge is 2.33. The summed E-state index contributed by atoms with van der Waals surface area (Å²) in [4.78, 5) is 16.4. The monoisotopic (exact) mass is 388 g/mol. The standard InChI is InChI=1S/C22H36N4O2/c1-4-24-21(25-16-18-8-10-19(11-9-18)20(27)23-3)26-17-22(12-6-7-13-22)14-15-28-5-2/h8-11H,4-7,12-17H2,1-3H3,(H,23,27)(H2,24,25,26). The molecule has 3 N–H and O–H groups in total. The Bertz CT molecular complexity index is 622. The van der Waals surface area contributed by atoms with Crippen LogP contribution < -0.4 is 16.0 Å². The van der Waals surface area contributed by atoms with Crippen LogP contribution in [0.25, 0.3) is 0 Å². The molecular weight excluding hydrogens is 352 g/mol. The SMILES string of the molecule is CCNC(=NCc1ccc(C(=O)NC)cc1)NCC1(CCOCC)CCCC1. The molecule has 6 nitrogen and oxygen atoms in total. The van der Waals surface area contributed by atoms with Crippen LogP contribution in [0.3, 0.4) is 0 Å². The normalized spacial score (nSPS) is 16.0. The van der Waals surface area contributed by atoms with Gasteiger partial charge in [0.15, 0.2) is 5.96 Å². The number of aliphatic imine (C=N–C) groups is 1. The summed E-state index contributed by atoms with van der Waals surface area (Å²) in [6, 6.07) is 7.59. The maximum absolute atomic E-state index is 11.6. The molecule has 1 amide bonds. The minimum absolute atomic E-state index is 0.0704. The van der Waals surface area contributed by atoms with Crippen LogP contribution in [-0.4, -0.2) is 45.2 Å². The number of benzene rings is 1. The molecule has 1 aromatic carbocycles. The lowest BCUT2D eigenvalue weighted by Crippen LogP contribution is -2.43. The largest absolute Gasteiger partial charge is 0.382 e. The average molecular weight is 389 g/mol. The van der Waals surface area contributed by atoms with E-state index in [-0.39, 0.29) is 5.91 Å². The molecule has 0 heterocycles. The maximum Gasteiger partial charge on any atom is 0.251 e. The highest BCUT2D eigenvalue weighted by Crippen LogP contribution is 2.40. The van der Waals surface area contributed by atoms with E-state index in [9.17, 15) is 4.79 Å². The number of guanidine groups is 1. The van der Waals surface area contributed by atoms with E-state index in [1.165, 1.54) is 25.7 Å². The molecule has 0 spiro atoms. The number of hydrogen-bond acceptors (Lipinski definition) is 3. The van der Waals surface area contributed by atoms with Crippen molar-refractivity contribution >= 4 is 11.9 Å². The molecule has 1 aromatic rings. The maximum atomic E-state index is 11.6. The van der Waals surface area contributed by atoms with Gasteiger partial charge in [0.1, 0.15) is 0 Å². The van der Waals surface area contributed by atoms with E-state index in [1.54, 1.807) is 7.05 Å². The van der Waals surface area contributed by atoms with Gasteiger partial charge in [0.05, 0.1) is 6.54 Å². The summed E-state index contributed by atoms with van der Waals surface area (Å²) in [5.74, 6) is 0.777. The Balaban J connectivity index is 1.94. The summed E-state index contributed by atoms with van der Waals surface area (Å²) in [5, 5.41) is 9.54. The minimum atomic E-state index is -0.0704. The highest BCUT2D eigenvalue weighted by molar-refractivity contribution is 5.93. The third kappa shape index (κ3) is 6.82. The number of amides is 1. The third-order valence-corrected chi connectivity index (χ3v) is 5.48. The van der Waals surface area contributed by atoms with Crippen molar-refractivity contribution in [1.29, 1.82) is 0 Å². The molecule has 0 saturated heterocycles. The Labute approximate surface area is 169 Å². The van der Waals surface area contributed by atoms with Gasteiger partial charge in [-0.1, -0.05) is 25.0 Å². The Morgan fingerprint density at radius 1 is 1.14 bits per heavy atom. The predicted molar refractivity (Wildman–Crippen MR) is 115 cm³/mol. The van der Waals surface area contributed by atoms with E-state index in [0.717, 1.165) is 44.2 Å². The van der Waals surface area contributed by atoms with Crippen molar-refractivity contribution in [3.05, 3.63) is 35.4 Å². The van der Waals surface area contributed by atoms with Gasteiger partial charge in [-0.3, -0.25) is 4.79 Å². The zero-order chi connectivity index (χ0) is 20.2. The molecule has 0 radical (unpaired) electrons. The van der Waals surface area contributed by atoms with Crippen LogP contribution in [0.1, 0.15) is 61.9 Å². The number of ether oxygens (including phenoxy) is 1. The Hall–Kier alpha value is -2.08. The van der Waals surface area contributed by atoms with Crippen LogP contribution in [-0.2, 0) is 11.3 Å². The summed E-state index contributed by atoms with van der Waals surface area (Å²) in [6.07, 6.45) is 6.23. The summed E-state index contributed by atoms with van der Waals surface area (Å²) in [7, 11) is 1.64. The molecular formula is C22H36N4O2. The second-order valence-corrected chi connectivity index (χ2v) is 7.48. The fraction of sp³-hybridized carbons (Fsp3) is 0.636. The quantitative estimate of drug-likeness (QED) is 0.327. The van der Waals surface area contributed by atoms with Crippen molar-refractivity contribution in [3.63, 3.8) is 0 Å². The van der Waals surface area contributed by atoms with Crippen molar-refractivity contribution in [3.8, 4) is 0 Å². The Morgan fingerprint density at radius 2 is 1.86 bits per heavy atom. The van der Waals surface area contributed by atoms with E-state index < -0.39 is 0 Å². The van der Waals surface area contributed by atoms with Gasteiger partial charge in [-0.15, -0.1) is 0 Å². The van der Waals surface area contributed by atoms with Crippen LogP contribution in [0.15, 0.2) is 29.3 Å². The molecule has 1 aliphatic rings. The fourth-order valence-corrected chi connectivity index (χ4v) is 3.76. The lowest BCUT2D eigenvalue weighted by Gasteiger charge is -2.30. The van der Waals surface area contributed by atoms with E-state index in [4.69, 9.17) is 9.73 Å². The molecule has 0 aromatic heterocycles. The first-order valence-electron chi connectivity index (χ1n) is 10.5. The second-order valence-electron chi connectivity index (χ2n) is 7.48. The molecule has 28 heavy (non-hydrogen) atoms. The molecule has 0 unspecified atom stereocenters. The summed E-state index contributed by atoms with van der Waals surface area (Å²) < 4.78 is 5.61. The first-order valence-corrected chi connectivity index (χ1v) is 10.5. The topological polar surface area (TPSA) is 74.8 Å². The first-order chi connectivity index (χ1) is 13.6. The average Bonchev–Trinajstić information content (AvgIpc) is 3.19. The van der Waals surface area contributed by atoms with Gasteiger partial charge >= 0.3 is 0 Å². The molecule has 1 fully saturated rings. The van der Waals surface area contributed by atoms with Crippen molar-refractivity contribution < 1.29 is 9.53 Å². The van der Waals surface area contributed by atoms with Crippen molar-refractivity contribution in [2.75, 3.05) is 33.4 Å². The van der Waals surface area contributed by atoms with Crippen molar-refractivity contribution in [2.45, 2.75) is 52.5 Å². The van der Waals surface area contributed by atoms with Gasteiger partial charge in [-0.05, 0) is 56.2 Å². The van der Waals surface area contributed by atoms with Crippen LogP contribution in [0, 0.1) is 5.41 Å². The van der Waals surface area contributed by atoms with E-state index in [0.29, 0.717) is 17.5 Å². The lowest BCUT2D eigenvalue weighted by atomic mass is 9.83. The van der Waals surface area contributed by atoms with Crippen molar-refractivity contribution in [1.82, 2.24) is 16.0 Å². The summed E-state index contributed by atoms with van der Waals surface area (Å²) >= 11 is 0. The predicted octanol–water partition coefficient (Wildman–Crippen LogP) is 3.09. The van der Waals surface area contributed by atoms with E-state index in [1.807, 2.05) is 24.3 Å². The number of nitrogens with zero attached hydrogens (tertiary/aromatic N) is 1. The van der Waals surface area contributed by atoms with Crippen LogP contribution in [0.5, 0.6) is 0 Å². The molecule has 0 aliphatic heterocycles. The van der Waals surface area contributed by atoms with Gasteiger partial charge in [0, 0.05) is 38.9 Å². The van der Waals surface area contributed by atoms with Crippen LogP contribution in [0.4, 0.5) is 0 Å². The second kappa shape index (κ2) is 11.7.